The summed E-state index contributed by atoms with van der Waals surface area (Å²) in [6.45, 7) is 1.99. The predicted molar refractivity (Wildman–Crippen MR) is 198 cm³/mol. The quantitative estimate of drug-likeness (QED) is 0.0909. The zero-order valence-corrected chi connectivity index (χ0v) is 31.6. The number of nitrogens with zero attached hydrogens (tertiary/aromatic N) is 5. The van der Waals surface area contributed by atoms with Crippen molar-refractivity contribution in [1.82, 2.24) is 35.2 Å². The van der Waals surface area contributed by atoms with E-state index in [0.29, 0.717) is 32.8 Å². The highest BCUT2D eigenvalue weighted by Gasteiger charge is 2.67. The lowest BCUT2D eigenvalue weighted by atomic mass is 9.93. The number of aromatic nitrogens is 5. The molecule has 298 valence electrons. The molecule has 0 saturated heterocycles. The minimum atomic E-state index is -3.49. The monoisotopic (exact) mass is 812 g/mol. The Morgan fingerprint density at radius 1 is 1.05 bits per heavy atom. The normalized spacial score (nSPS) is 17.2. The van der Waals surface area contributed by atoms with Crippen molar-refractivity contribution < 1.29 is 41.0 Å². The van der Waals surface area contributed by atoms with Crippen LogP contribution < -0.4 is 16.0 Å². The van der Waals surface area contributed by atoms with Gasteiger partial charge in [0.2, 0.25) is 11.8 Å². The molecule has 3 atom stereocenters. The Labute approximate surface area is 326 Å². The molecule has 11 nitrogen and oxygen atoms in total. The third-order valence-electron chi connectivity index (χ3n) is 9.73. The summed E-state index contributed by atoms with van der Waals surface area (Å²) in [6.07, 6.45) is -3.44. The van der Waals surface area contributed by atoms with Gasteiger partial charge >= 0.3 is 0 Å². The van der Waals surface area contributed by atoms with E-state index in [1.54, 1.807) is 32.3 Å². The van der Waals surface area contributed by atoms with Gasteiger partial charge in [0.25, 0.3) is 12.3 Å². The van der Waals surface area contributed by atoms with Crippen LogP contribution in [-0.4, -0.2) is 60.7 Å². The summed E-state index contributed by atoms with van der Waals surface area (Å²) in [7, 11) is 3.20. The van der Waals surface area contributed by atoms with Gasteiger partial charge in [-0.15, -0.1) is 0 Å². The largest absolute Gasteiger partial charge is 0.378 e. The van der Waals surface area contributed by atoms with Crippen LogP contribution in [0.1, 0.15) is 72.6 Å². The number of carbonyl (C=O) groups excluding carboxylic acids is 2. The Bertz CT molecular complexity index is 2480. The first-order valence-electron chi connectivity index (χ1n) is 17.7. The van der Waals surface area contributed by atoms with E-state index in [9.17, 15) is 32.3 Å². The molecule has 1 saturated carbocycles. The molecule has 18 heteroatoms. The number of rotatable bonds is 11. The molecule has 2 aromatic carbocycles. The highest BCUT2D eigenvalue weighted by Crippen LogP contribution is 2.68. The number of carbonyl (C=O) groups is 2. The fourth-order valence-electron chi connectivity index (χ4n) is 7.41. The van der Waals surface area contributed by atoms with Crippen LogP contribution in [0.2, 0.25) is 5.02 Å². The third-order valence-corrected chi connectivity index (χ3v) is 10.0. The molecule has 57 heavy (non-hydrogen) atoms. The molecule has 2 aliphatic carbocycles. The van der Waals surface area contributed by atoms with E-state index >= 15 is 8.78 Å². The van der Waals surface area contributed by atoms with Crippen LogP contribution in [0.15, 0.2) is 42.5 Å². The Balaban J connectivity index is 1.37. The van der Waals surface area contributed by atoms with E-state index in [-0.39, 0.29) is 52.7 Å². The van der Waals surface area contributed by atoms with Crippen LogP contribution in [-0.2, 0) is 35.5 Å². The molecule has 3 heterocycles. The van der Waals surface area contributed by atoms with E-state index in [0.717, 1.165) is 12.1 Å². The van der Waals surface area contributed by atoms with E-state index in [2.05, 4.69) is 38.0 Å². The Kier molecular flexibility index (Phi) is 10.3. The average molecular weight is 813 g/mol. The first-order valence-corrected chi connectivity index (χ1v) is 18.1. The SMILES string of the molecule is CNCC(=O)Nc1nn(C)c2c(-c3ccc(C#CC(C)(C)O)nc3C(Cc3cc(F)cc(F)c3)NC(=O)Cn3nc(C(F)F)c4c3C(F)(F)[C@@H]3C[C@H]43)ccc(Cl)c12. The van der Waals surface area contributed by atoms with Crippen molar-refractivity contribution >= 4 is 40.1 Å². The van der Waals surface area contributed by atoms with Gasteiger partial charge in [-0.2, -0.15) is 19.0 Å². The van der Waals surface area contributed by atoms with Gasteiger partial charge in [-0.1, -0.05) is 23.6 Å². The predicted octanol–water partition coefficient (Wildman–Crippen LogP) is 6.29. The number of hydrogen-bond acceptors (Lipinski definition) is 7. The first-order chi connectivity index (χ1) is 26.9. The molecular weight excluding hydrogens is 778 g/mol. The number of nitrogens with one attached hydrogen (secondary N) is 3. The molecule has 2 aliphatic rings. The van der Waals surface area contributed by atoms with Crippen molar-refractivity contribution in [2.45, 2.75) is 63.1 Å². The van der Waals surface area contributed by atoms with Crippen molar-refractivity contribution in [1.29, 1.82) is 0 Å². The molecule has 0 radical (unpaired) electrons. The third kappa shape index (κ3) is 7.81. The van der Waals surface area contributed by atoms with Gasteiger partial charge in [0.15, 0.2) is 5.82 Å². The molecule has 1 unspecified atom stereocenters. The Morgan fingerprint density at radius 2 is 1.75 bits per heavy atom. The van der Waals surface area contributed by atoms with Crippen LogP contribution in [0.5, 0.6) is 0 Å². The number of halogens is 7. The molecule has 2 amide bonds. The average Bonchev–Trinajstić information content (AvgIpc) is 3.65. The lowest BCUT2D eigenvalue weighted by molar-refractivity contribution is -0.123. The highest BCUT2D eigenvalue weighted by molar-refractivity contribution is 6.37. The first kappa shape index (κ1) is 39.8. The molecule has 0 aliphatic heterocycles. The molecule has 0 spiro atoms. The fourth-order valence-corrected chi connectivity index (χ4v) is 7.65. The Morgan fingerprint density at radius 3 is 2.42 bits per heavy atom. The van der Waals surface area contributed by atoms with E-state index in [4.69, 9.17) is 16.6 Å². The number of pyridine rings is 1. The molecular formula is C39H35ClF6N8O3. The maximum atomic E-state index is 15.4. The van der Waals surface area contributed by atoms with Crippen LogP contribution in [0.3, 0.4) is 0 Å². The van der Waals surface area contributed by atoms with Gasteiger partial charge < -0.3 is 21.1 Å². The lowest BCUT2D eigenvalue weighted by Crippen LogP contribution is -2.35. The number of aliphatic hydroxyl groups is 1. The number of amides is 2. The molecule has 1 fully saturated rings. The standard InChI is InChI=1S/C39H35ClF6N8O3/c1-38(2,57)10-9-21-5-6-22(23-7-8-26(40)31-34(23)53(4)52-37(31)50-28(55)16-47-3)32(48-21)27(13-18-11-19(41)14-20(42)12-18)49-29(56)17-54-35-30(33(51-54)36(43)44)24-15-25(24)39(35,45)46/h5-8,11-12,14,24-25,27,36,47,57H,13,15-17H2,1-4H3,(H,49,56)(H,50,52,55)/t24-,25+,27?/m0/s1. The summed E-state index contributed by atoms with van der Waals surface area (Å²) >= 11 is 6.67. The second-order valence-electron chi connectivity index (χ2n) is 14.6. The number of aryl methyl sites for hydroxylation is 1. The molecule has 5 aromatic rings. The summed E-state index contributed by atoms with van der Waals surface area (Å²) in [5.41, 5.74) is -1.80. The van der Waals surface area contributed by atoms with E-state index < -0.39 is 77.2 Å². The number of likely N-dealkylation sites (N-methyl/N-ethyl adjacent to an activating group) is 1. The number of alkyl halides is 4. The summed E-state index contributed by atoms with van der Waals surface area (Å²) in [4.78, 5) is 31.3. The van der Waals surface area contributed by atoms with Gasteiger partial charge in [-0.05, 0) is 81.5 Å². The van der Waals surface area contributed by atoms with Crippen LogP contribution >= 0.6 is 11.6 Å². The maximum Gasteiger partial charge on any atom is 0.293 e. The second-order valence-corrected chi connectivity index (χ2v) is 15.0. The van der Waals surface area contributed by atoms with Gasteiger partial charge in [0, 0.05) is 35.7 Å². The van der Waals surface area contributed by atoms with Crippen LogP contribution in [0.4, 0.5) is 32.2 Å². The second kappa shape index (κ2) is 14.8. The zero-order chi connectivity index (χ0) is 41.1. The number of hydrogen-bond donors (Lipinski definition) is 4. The minimum Gasteiger partial charge on any atom is -0.378 e. The van der Waals surface area contributed by atoms with Crippen molar-refractivity contribution in [2.24, 2.45) is 13.0 Å². The van der Waals surface area contributed by atoms with Crippen molar-refractivity contribution in [3.05, 3.63) is 93.0 Å². The van der Waals surface area contributed by atoms with E-state index in [1.807, 2.05) is 0 Å². The van der Waals surface area contributed by atoms with Gasteiger partial charge in [0.1, 0.15) is 40.9 Å². The summed E-state index contributed by atoms with van der Waals surface area (Å²) in [5, 5.41) is 27.4. The van der Waals surface area contributed by atoms with Crippen LogP contribution in [0.25, 0.3) is 22.0 Å². The zero-order valence-electron chi connectivity index (χ0n) is 30.8. The molecule has 7 rings (SSSR count). The summed E-state index contributed by atoms with van der Waals surface area (Å²) in [6, 6.07) is 7.82. The van der Waals surface area contributed by atoms with Crippen molar-refractivity contribution in [3.8, 4) is 23.0 Å². The van der Waals surface area contributed by atoms with Crippen molar-refractivity contribution in [3.63, 3.8) is 0 Å². The van der Waals surface area contributed by atoms with Crippen LogP contribution in [0, 0.1) is 29.4 Å². The number of anilines is 1. The van der Waals surface area contributed by atoms with Crippen molar-refractivity contribution in [2.75, 3.05) is 18.9 Å². The smallest absolute Gasteiger partial charge is 0.293 e. The highest BCUT2D eigenvalue weighted by atomic mass is 35.5. The fraction of sp³-hybridized carbons (Fsp3) is 0.359. The lowest BCUT2D eigenvalue weighted by Gasteiger charge is -2.23. The molecule has 4 N–H and O–H groups in total. The van der Waals surface area contributed by atoms with Gasteiger partial charge in [-0.25, -0.2) is 22.5 Å². The molecule has 0 bridgehead atoms. The summed E-state index contributed by atoms with van der Waals surface area (Å²) < 4.78 is 90.1. The van der Waals surface area contributed by atoms with E-state index in [1.165, 1.54) is 24.6 Å². The minimum absolute atomic E-state index is 0.0256. The van der Waals surface area contributed by atoms with Gasteiger partial charge in [0.05, 0.1) is 34.2 Å². The number of fused-ring (bicyclic) bond motifs is 4. The number of benzene rings is 2. The summed E-state index contributed by atoms with van der Waals surface area (Å²) in [5.74, 6) is -3.02. The molecule has 3 aromatic heterocycles. The van der Waals surface area contributed by atoms with Gasteiger partial charge in [-0.3, -0.25) is 19.0 Å². The maximum absolute atomic E-state index is 15.4. The Hall–Kier alpha value is -5.44. The topological polar surface area (TPSA) is 139 Å².